The monoisotopic (exact) mass is 418 g/mol. The predicted octanol–water partition coefficient (Wildman–Crippen LogP) is 6.12. The molecule has 1 aliphatic carbocycles. The first-order valence-corrected chi connectivity index (χ1v) is 10.5. The molecule has 0 N–H and O–H groups in total. The van der Waals surface area contributed by atoms with Gasteiger partial charge in [-0.3, -0.25) is 14.4 Å². The van der Waals surface area contributed by atoms with Crippen LogP contribution in [0.25, 0.3) is 4.91 Å². The first-order valence-electron chi connectivity index (χ1n) is 9.31. The van der Waals surface area contributed by atoms with Gasteiger partial charge in [-0.25, -0.2) is 0 Å². The molecule has 0 unspecified atom stereocenters. The average molecular weight is 419 g/mol. The zero-order valence-corrected chi connectivity index (χ0v) is 18.9. The van der Waals surface area contributed by atoms with Crippen LogP contribution in [-0.4, -0.2) is 17.3 Å². The lowest BCUT2D eigenvalue weighted by atomic mass is 9.57. The SMILES string of the molecule is C=C(S/C(CC)=C(\C)C1C(=O)C(C)(C)C(=O)C(C)(C)C1=O)c1ccc(Cl)cc1. The quantitative estimate of drug-likeness (QED) is 0.540. The molecule has 1 aliphatic rings. The standard InChI is InChI=1S/C23H27ClO3S/c1-8-17(28-14(3)15-9-11-16(24)12-10-15)13(2)18-19(25)22(4,5)21(27)23(6,7)20(18)26/h9-12,18H,3,8H2,1-2,4-7H3/b17-13+. The number of benzene rings is 1. The molecule has 0 aromatic heterocycles. The second-order valence-electron chi connectivity index (χ2n) is 8.23. The minimum absolute atomic E-state index is 0.310. The molecular weight excluding hydrogens is 392 g/mol. The van der Waals surface area contributed by atoms with Crippen LogP contribution in [0, 0.1) is 16.7 Å². The van der Waals surface area contributed by atoms with E-state index in [4.69, 9.17) is 11.6 Å². The highest BCUT2D eigenvalue weighted by Gasteiger charge is 2.58. The van der Waals surface area contributed by atoms with Crippen molar-refractivity contribution in [3.63, 3.8) is 0 Å². The van der Waals surface area contributed by atoms with Crippen LogP contribution in [-0.2, 0) is 14.4 Å². The van der Waals surface area contributed by atoms with Crippen LogP contribution in [0.1, 0.15) is 53.5 Å². The second-order valence-corrected chi connectivity index (χ2v) is 9.86. The molecule has 0 spiro atoms. The van der Waals surface area contributed by atoms with Crippen molar-refractivity contribution in [1.29, 1.82) is 0 Å². The first kappa shape index (κ1) is 22.6. The Balaban J connectivity index is 2.44. The number of ketones is 3. The fourth-order valence-electron chi connectivity index (χ4n) is 3.67. The van der Waals surface area contributed by atoms with Gasteiger partial charge in [0.15, 0.2) is 17.3 Å². The summed E-state index contributed by atoms with van der Waals surface area (Å²) in [5.41, 5.74) is -0.711. The molecule has 0 heterocycles. The summed E-state index contributed by atoms with van der Waals surface area (Å²) in [6, 6.07) is 7.38. The lowest BCUT2D eigenvalue weighted by Gasteiger charge is -2.41. The van der Waals surface area contributed by atoms with Gasteiger partial charge in [0.25, 0.3) is 0 Å². The zero-order chi connectivity index (χ0) is 21.4. The molecule has 0 aliphatic heterocycles. The number of allylic oxidation sites excluding steroid dienone is 2. The van der Waals surface area contributed by atoms with E-state index < -0.39 is 16.7 Å². The van der Waals surface area contributed by atoms with E-state index >= 15 is 0 Å². The number of hydrogen-bond acceptors (Lipinski definition) is 4. The van der Waals surface area contributed by atoms with Crippen LogP contribution in [0.15, 0.2) is 41.3 Å². The number of halogens is 1. The summed E-state index contributed by atoms with van der Waals surface area (Å²) in [5.74, 6) is -1.84. The smallest absolute Gasteiger partial charge is 0.160 e. The molecule has 0 radical (unpaired) electrons. The fraction of sp³-hybridized carbons (Fsp3) is 0.435. The van der Waals surface area contributed by atoms with Crippen LogP contribution in [0.4, 0.5) is 0 Å². The molecule has 150 valence electrons. The van der Waals surface area contributed by atoms with Gasteiger partial charge < -0.3 is 0 Å². The molecule has 28 heavy (non-hydrogen) atoms. The minimum atomic E-state index is -1.18. The summed E-state index contributed by atoms with van der Waals surface area (Å²) >= 11 is 7.41. The molecule has 0 bridgehead atoms. The van der Waals surface area contributed by atoms with Crippen LogP contribution in [0.3, 0.4) is 0 Å². The maximum absolute atomic E-state index is 13.1. The molecule has 1 fully saturated rings. The van der Waals surface area contributed by atoms with Gasteiger partial charge in [-0.05, 0) is 69.2 Å². The van der Waals surface area contributed by atoms with E-state index in [9.17, 15) is 14.4 Å². The Hall–Kier alpha value is -1.65. The molecule has 5 heteroatoms. The topological polar surface area (TPSA) is 51.2 Å². The van der Waals surface area contributed by atoms with E-state index in [1.165, 1.54) is 11.8 Å². The number of carbonyl (C=O) groups excluding carboxylic acids is 3. The van der Waals surface area contributed by atoms with Crippen molar-refractivity contribution in [2.24, 2.45) is 16.7 Å². The Bertz CT molecular complexity index is 846. The van der Waals surface area contributed by atoms with Gasteiger partial charge in [0.2, 0.25) is 0 Å². The van der Waals surface area contributed by atoms with Gasteiger partial charge in [-0.15, -0.1) is 0 Å². The van der Waals surface area contributed by atoms with E-state index in [0.717, 1.165) is 15.4 Å². The second kappa shape index (κ2) is 8.00. The Labute approximate surface area is 176 Å². The highest BCUT2D eigenvalue weighted by Crippen LogP contribution is 2.46. The molecule has 1 aromatic carbocycles. The van der Waals surface area contributed by atoms with Gasteiger partial charge in [0.05, 0.1) is 10.8 Å². The number of carbonyl (C=O) groups is 3. The van der Waals surface area contributed by atoms with Gasteiger partial charge in [-0.1, -0.05) is 49.0 Å². The molecule has 3 nitrogen and oxygen atoms in total. The Morgan fingerprint density at radius 1 is 1.04 bits per heavy atom. The van der Waals surface area contributed by atoms with Gasteiger partial charge in [-0.2, -0.15) is 0 Å². The fourth-order valence-corrected chi connectivity index (χ4v) is 4.78. The highest BCUT2D eigenvalue weighted by molar-refractivity contribution is 8.11. The summed E-state index contributed by atoms with van der Waals surface area (Å²) < 4.78 is 0. The number of Topliss-reactive ketones (excluding diaryl/α,β-unsaturated/α-hetero) is 3. The summed E-state index contributed by atoms with van der Waals surface area (Å²) in [6.45, 7) is 14.4. The third-order valence-corrected chi connectivity index (χ3v) is 7.09. The number of thioether (sulfide) groups is 1. The molecule has 2 rings (SSSR count). The largest absolute Gasteiger partial charge is 0.298 e. The van der Waals surface area contributed by atoms with Gasteiger partial charge >= 0.3 is 0 Å². The van der Waals surface area contributed by atoms with Crippen LogP contribution in [0.2, 0.25) is 5.02 Å². The van der Waals surface area contributed by atoms with E-state index in [1.807, 2.05) is 26.0 Å². The zero-order valence-electron chi connectivity index (χ0n) is 17.3. The lowest BCUT2D eigenvalue weighted by molar-refractivity contribution is -0.158. The Kier molecular flexibility index (Phi) is 6.47. The van der Waals surface area contributed by atoms with E-state index in [-0.39, 0.29) is 17.3 Å². The summed E-state index contributed by atoms with van der Waals surface area (Å²) in [7, 11) is 0. The van der Waals surface area contributed by atoms with E-state index in [1.54, 1.807) is 39.8 Å². The van der Waals surface area contributed by atoms with Crippen LogP contribution >= 0.6 is 23.4 Å². The summed E-state index contributed by atoms with van der Waals surface area (Å²) in [4.78, 5) is 40.6. The maximum atomic E-state index is 13.1. The first-order chi connectivity index (χ1) is 12.9. The van der Waals surface area contributed by atoms with Crippen molar-refractivity contribution in [1.82, 2.24) is 0 Å². The van der Waals surface area contributed by atoms with E-state index in [0.29, 0.717) is 17.0 Å². The van der Waals surface area contributed by atoms with Gasteiger partial charge in [0.1, 0.15) is 5.92 Å². The Morgan fingerprint density at radius 2 is 1.50 bits per heavy atom. The summed E-state index contributed by atoms with van der Waals surface area (Å²) in [6.07, 6.45) is 0.662. The lowest BCUT2D eigenvalue weighted by Crippen LogP contribution is -2.57. The number of rotatable bonds is 5. The van der Waals surface area contributed by atoms with Crippen molar-refractivity contribution in [2.75, 3.05) is 0 Å². The highest BCUT2D eigenvalue weighted by atomic mass is 35.5. The predicted molar refractivity (Wildman–Crippen MR) is 117 cm³/mol. The molecule has 1 saturated carbocycles. The molecule has 0 atom stereocenters. The Morgan fingerprint density at radius 3 is 1.93 bits per heavy atom. The van der Waals surface area contributed by atoms with Crippen molar-refractivity contribution >= 4 is 45.6 Å². The van der Waals surface area contributed by atoms with Gasteiger partial charge in [0, 0.05) is 9.93 Å². The van der Waals surface area contributed by atoms with Crippen LogP contribution < -0.4 is 0 Å². The van der Waals surface area contributed by atoms with Crippen molar-refractivity contribution < 1.29 is 14.4 Å². The maximum Gasteiger partial charge on any atom is 0.160 e. The van der Waals surface area contributed by atoms with Crippen molar-refractivity contribution in [3.8, 4) is 0 Å². The van der Waals surface area contributed by atoms with E-state index in [2.05, 4.69) is 6.58 Å². The third kappa shape index (κ3) is 3.90. The van der Waals surface area contributed by atoms with Crippen molar-refractivity contribution in [2.45, 2.75) is 48.0 Å². The van der Waals surface area contributed by atoms with Crippen molar-refractivity contribution in [3.05, 3.63) is 51.9 Å². The molecule has 0 amide bonds. The third-order valence-electron chi connectivity index (χ3n) is 5.50. The molecule has 0 saturated heterocycles. The number of hydrogen-bond donors (Lipinski definition) is 0. The van der Waals surface area contributed by atoms with Crippen LogP contribution in [0.5, 0.6) is 0 Å². The average Bonchev–Trinajstić information content (AvgIpc) is 2.64. The summed E-state index contributed by atoms with van der Waals surface area (Å²) in [5, 5.41) is 0.650. The molecular formula is C23H27ClO3S. The minimum Gasteiger partial charge on any atom is -0.298 e. The normalized spacial score (nSPS) is 20.2. The molecule has 1 aromatic rings.